The number of aliphatic carboxylic acids is 1. The lowest BCUT2D eigenvalue weighted by atomic mass is 10.3. The molecule has 5 heteroatoms. The predicted octanol–water partition coefficient (Wildman–Crippen LogP) is 1.30. The van der Waals surface area contributed by atoms with Crippen molar-refractivity contribution in [2.24, 2.45) is 0 Å². The first-order valence-electron chi connectivity index (χ1n) is 3.77. The van der Waals surface area contributed by atoms with Gasteiger partial charge in [0.25, 0.3) is 0 Å². The second-order valence-corrected chi connectivity index (χ2v) is 2.37. The molecule has 0 aromatic carbocycles. The van der Waals surface area contributed by atoms with Gasteiger partial charge in [-0.1, -0.05) is 0 Å². The highest BCUT2D eigenvalue weighted by Crippen LogP contribution is 2.07. The summed E-state index contributed by atoms with van der Waals surface area (Å²) in [5.74, 6) is -2.75. The van der Waals surface area contributed by atoms with Crippen LogP contribution in [-0.4, -0.2) is 20.9 Å². The second kappa shape index (κ2) is 3.84. The standard InChI is InChI=1S/C8H9FN2O2/c1-2-11-6(3-4-10-11)5-7(9)8(12)13/h3-5H,2H2,1H3,(H,12,13)/b7-5+. The number of carboxylic acid groups (broad SMARTS) is 1. The molecule has 0 bridgehead atoms. The van der Waals surface area contributed by atoms with Crippen LogP contribution in [0.1, 0.15) is 12.6 Å². The minimum absolute atomic E-state index is 0.447. The van der Waals surface area contributed by atoms with Crippen LogP contribution in [-0.2, 0) is 11.3 Å². The largest absolute Gasteiger partial charge is 0.476 e. The molecule has 0 fully saturated rings. The van der Waals surface area contributed by atoms with E-state index < -0.39 is 11.8 Å². The third-order valence-electron chi connectivity index (χ3n) is 1.53. The summed E-state index contributed by atoms with van der Waals surface area (Å²) < 4.78 is 14.1. The summed E-state index contributed by atoms with van der Waals surface area (Å²) in [6.45, 7) is 2.41. The van der Waals surface area contributed by atoms with Crippen LogP contribution in [0.3, 0.4) is 0 Å². The Morgan fingerprint density at radius 3 is 3.08 bits per heavy atom. The number of carboxylic acids is 1. The van der Waals surface area contributed by atoms with Crippen molar-refractivity contribution in [1.29, 1.82) is 0 Å². The van der Waals surface area contributed by atoms with Crippen molar-refractivity contribution in [3.63, 3.8) is 0 Å². The summed E-state index contributed by atoms with van der Waals surface area (Å²) in [5, 5.41) is 12.1. The van der Waals surface area contributed by atoms with E-state index in [-0.39, 0.29) is 0 Å². The fourth-order valence-corrected chi connectivity index (χ4v) is 0.921. The number of aromatic nitrogens is 2. The lowest BCUT2D eigenvalue weighted by Gasteiger charge is -1.98. The first-order chi connectivity index (χ1) is 6.15. The van der Waals surface area contributed by atoms with Crippen molar-refractivity contribution in [2.75, 3.05) is 0 Å². The molecular weight excluding hydrogens is 175 g/mol. The Morgan fingerprint density at radius 2 is 2.54 bits per heavy atom. The minimum Gasteiger partial charge on any atom is -0.476 e. The van der Waals surface area contributed by atoms with Crippen molar-refractivity contribution in [2.45, 2.75) is 13.5 Å². The minimum atomic E-state index is -1.57. The number of halogens is 1. The van der Waals surface area contributed by atoms with Gasteiger partial charge < -0.3 is 5.11 Å². The molecule has 1 aromatic rings. The van der Waals surface area contributed by atoms with Crippen LogP contribution in [0.2, 0.25) is 0 Å². The Balaban J connectivity index is 2.96. The molecule has 0 aliphatic rings. The molecule has 0 spiro atoms. The van der Waals surface area contributed by atoms with Crippen molar-refractivity contribution < 1.29 is 14.3 Å². The SMILES string of the molecule is CCn1nccc1/C=C(/F)C(=O)O. The maximum Gasteiger partial charge on any atom is 0.364 e. The maximum absolute atomic E-state index is 12.6. The Bertz CT molecular complexity index is 344. The molecule has 0 atom stereocenters. The number of rotatable bonds is 3. The first kappa shape index (κ1) is 9.44. The zero-order chi connectivity index (χ0) is 9.84. The van der Waals surface area contributed by atoms with Crippen LogP contribution in [0.4, 0.5) is 4.39 Å². The lowest BCUT2D eigenvalue weighted by Crippen LogP contribution is -2.00. The third-order valence-corrected chi connectivity index (χ3v) is 1.53. The summed E-state index contributed by atoms with van der Waals surface area (Å²) in [6.07, 6.45) is 2.43. The average Bonchev–Trinajstić information content (AvgIpc) is 2.51. The van der Waals surface area contributed by atoms with E-state index in [1.807, 2.05) is 6.92 Å². The normalized spacial score (nSPS) is 11.7. The predicted molar refractivity (Wildman–Crippen MR) is 44.6 cm³/mol. The zero-order valence-corrected chi connectivity index (χ0v) is 7.07. The average molecular weight is 184 g/mol. The fourth-order valence-electron chi connectivity index (χ4n) is 0.921. The molecule has 0 unspecified atom stereocenters. The maximum atomic E-state index is 12.6. The van der Waals surface area contributed by atoms with Crippen molar-refractivity contribution >= 4 is 12.0 Å². The molecule has 0 aliphatic carbocycles. The van der Waals surface area contributed by atoms with Gasteiger partial charge in [-0.3, -0.25) is 4.68 Å². The molecule has 13 heavy (non-hydrogen) atoms. The monoisotopic (exact) mass is 184 g/mol. The van der Waals surface area contributed by atoms with E-state index in [0.717, 1.165) is 6.08 Å². The molecule has 1 aromatic heterocycles. The quantitative estimate of drug-likeness (QED) is 0.720. The van der Waals surface area contributed by atoms with Crippen LogP contribution in [0, 0.1) is 0 Å². The first-order valence-corrected chi connectivity index (χ1v) is 3.77. The highest BCUT2D eigenvalue weighted by Gasteiger charge is 2.06. The van der Waals surface area contributed by atoms with Gasteiger partial charge in [0.2, 0.25) is 5.83 Å². The Morgan fingerprint density at radius 1 is 1.85 bits per heavy atom. The van der Waals surface area contributed by atoms with Gasteiger partial charge in [0.15, 0.2) is 0 Å². The van der Waals surface area contributed by atoms with Gasteiger partial charge in [-0.15, -0.1) is 0 Å². The van der Waals surface area contributed by atoms with Gasteiger partial charge >= 0.3 is 5.97 Å². The summed E-state index contributed by atoms with van der Waals surface area (Å²) >= 11 is 0. The van der Waals surface area contributed by atoms with Gasteiger partial charge in [-0.2, -0.15) is 9.49 Å². The van der Waals surface area contributed by atoms with Crippen LogP contribution in [0.15, 0.2) is 18.1 Å². The number of nitrogens with zero attached hydrogens (tertiary/aromatic N) is 2. The molecule has 0 aliphatic heterocycles. The highest BCUT2D eigenvalue weighted by atomic mass is 19.1. The van der Waals surface area contributed by atoms with Gasteiger partial charge in [0, 0.05) is 18.8 Å². The topological polar surface area (TPSA) is 55.1 Å². The van der Waals surface area contributed by atoms with E-state index in [0.29, 0.717) is 12.2 Å². The Hall–Kier alpha value is -1.65. The van der Waals surface area contributed by atoms with E-state index in [2.05, 4.69) is 5.10 Å². The van der Waals surface area contributed by atoms with Crippen LogP contribution in [0.5, 0.6) is 0 Å². The van der Waals surface area contributed by atoms with Gasteiger partial charge in [0.05, 0.1) is 5.69 Å². The summed E-state index contributed by atoms with van der Waals surface area (Å²) in [4.78, 5) is 10.2. The Labute approximate surface area is 74.3 Å². The molecule has 0 saturated carbocycles. The van der Waals surface area contributed by atoms with E-state index in [4.69, 9.17) is 5.11 Å². The smallest absolute Gasteiger partial charge is 0.364 e. The molecule has 1 N–H and O–H groups in total. The van der Waals surface area contributed by atoms with Gasteiger partial charge in [-0.25, -0.2) is 4.79 Å². The van der Waals surface area contributed by atoms with E-state index >= 15 is 0 Å². The number of hydrogen-bond donors (Lipinski definition) is 1. The summed E-state index contributed by atoms with van der Waals surface area (Å²) in [6, 6.07) is 1.55. The molecule has 0 radical (unpaired) electrons. The van der Waals surface area contributed by atoms with Crippen molar-refractivity contribution in [1.82, 2.24) is 9.78 Å². The van der Waals surface area contributed by atoms with Crippen molar-refractivity contribution in [3.05, 3.63) is 23.8 Å². The van der Waals surface area contributed by atoms with Crippen molar-refractivity contribution in [3.8, 4) is 0 Å². The fraction of sp³-hybridized carbons (Fsp3) is 0.250. The summed E-state index contributed by atoms with van der Waals surface area (Å²) in [5.41, 5.74) is 0.447. The molecule has 0 saturated heterocycles. The molecule has 1 heterocycles. The van der Waals surface area contributed by atoms with E-state index in [1.165, 1.54) is 10.9 Å². The van der Waals surface area contributed by atoms with E-state index in [1.54, 1.807) is 6.07 Å². The molecule has 0 amide bonds. The third kappa shape index (κ3) is 2.14. The number of carbonyl (C=O) groups is 1. The molecule has 70 valence electrons. The van der Waals surface area contributed by atoms with Gasteiger partial charge in [-0.05, 0) is 13.0 Å². The van der Waals surface area contributed by atoms with Crippen LogP contribution < -0.4 is 0 Å². The molecule has 4 nitrogen and oxygen atoms in total. The molecular formula is C8H9FN2O2. The van der Waals surface area contributed by atoms with Gasteiger partial charge in [0.1, 0.15) is 0 Å². The zero-order valence-electron chi connectivity index (χ0n) is 7.07. The van der Waals surface area contributed by atoms with Crippen LogP contribution >= 0.6 is 0 Å². The lowest BCUT2D eigenvalue weighted by molar-refractivity contribution is -0.134. The highest BCUT2D eigenvalue weighted by molar-refractivity contribution is 5.89. The summed E-state index contributed by atoms with van der Waals surface area (Å²) in [7, 11) is 0. The van der Waals surface area contributed by atoms with Crippen LogP contribution in [0.25, 0.3) is 6.08 Å². The molecule has 1 rings (SSSR count). The number of hydrogen-bond acceptors (Lipinski definition) is 2. The van der Waals surface area contributed by atoms with E-state index in [9.17, 15) is 9.18 Å². The Kier molecular flexibility index (Phi) is 2.79. The number of aryl methyl sites for hydroxylation is 1. The second-order valence-electron chi connectivity index (χ2n) is 2.37.